The van der Waals surface area contributed by atoms with E-state index in [1.807, 2.05) is 25.3 Å². The predicted molar refractivity (Wildman–Crippen MR) is 83.0 cm³/mol. The highest BCUT2D eigenvalue weighted by molar-refractivity contribution is 6.20. The number of nitrogens with zero attached hydrogens (tertiary/aromatic N) is 3. The Bertz CT molecular complexity index is 605. The number of imidazole rings is 1. The Balaban J connectivity index is 2.11. The fourth-order valence-corrected chi connectivity index (χ4v) is 3.74. The van der Waals surface area contributed by atoms with Crippen LogP contribution in [-0.2, 0) is 0 Å². The van der Waals surface area contributed by atoms with E-state index in [2.05, 4.69) is 23.4 Å². The lowest BCUT2D eigenvalue weighted by Crippen LogP contribution is -2.26. The molecule has 2 heterocycles. The monoisotopic (exact) mass is 291 g/mol. The molecule has 4 unspecified atom stereocenters. The molecule has 0 aliphatic heterocycles. The highest BCUT2D eigenvalue weighted by Gasteiger charge is 2.30. The van der Waals surface area contributed by atoms with Gasteiger partial charge in [0.05, 0.1) is 5.38 Å². The molecule has 1 saturated carbocycles. The molecule has 4 heteroatoms. The fourth-order valence-electron chi connectivity index (χ4n) is 3.59. The number of aromatic nitrogens is 3. The van der Waals surface area contributed by atoms with Crippen LogP contribution in [0.4, 0.5) is 0 Å². The number of fused-ring (bicyclic) bond motifs is 1. The summed E-state index contributed by atoms with van der Waals surface area (Å²) in [5.41, 5.74) is 1.95. The van der Waals surface area contributed by atoms with Crippen molar-refractivity contribution >= 4 is 22.8 Å². The van der Waals surface area contributed by atoms with Crippen molar-refractivity contribution in [3.63, 3.8) is 0 Å². The van der Waals surface area contributed by atoms with E-state index in [9.17, 15) is 0 Å². The highest BCUT2D eigenvalue weighted by atomic mass is 35.5. The molecule has 0 N–H and O–H groups in total. The van der Waals surface area contributed by atoms with E-state index in [1.54, 1.807) is 0 Å². The normalized spacial score (nSPS) is 28.7. The Kier molecular flexibility index (Phi) is 3.72. The summed E-state index contributed by atoms with van der Waals surface area (Å²) in [5.74, 6) is 2.43. The van der Waals surface area contributed by atoms with Gasteiger partial charge in [0, 0.05) is 12.2 Å². The topological polar surface area (TPSA) is 30.7 Å². The maximum Gasteiger partial charge on any atom is 0.160 e. The third-order valence-electron chi connectivity index (χ3n) is 4.55. The SMILES string of the molecule is CC1CCC(n2c(C(C)Cl)nc3cccnc32)C(C)C1. The molecule has 0 amide bonds. The van der Waals surface area contributed by atoms with Gasteiger partial charge < -0.3 is 4.57 Å². The number of alkyl halides is 1. The summed E-state index contributed by atoms with van der Waals surface area (Å²) >= 11 is 6.36. The minimum atomic E-state index is -0.0873. The van der Waals surface area contributed by atoms with Crippen molar-refractivity contribution in [3.8, 4) is 0 Å². The zero-order valence-corrected chi connectivity index (χ0v) is 13.1. The first kappa shape index (κ1) is 13.9. The van der Waals surface area contributed by atoms with Crippen LogP contribution >= 0.6 is 11.6 Å². The van der Waals surface area contributed by atoms with Gasteiger partial charge in [-0.3, -0.25) is 0 Å². The lowest BCUT2D eigenvalue weighted by molar-refractivity contribution is 0.207. The molecule has 0 radical (unpaired) electrons. The van der Waals surface area contributed by atoms with Gasteiger partial charge >= 0.3 is 0 Å². The van der Waals surface area contributed by atoms with Gasteiger partial charge in [-0.1, -0.05) is 13.8 Å². The van der Waals surface area contributed by atoms with Crippen LogP contribution in [0.5, 0.6) is 0 Å². The van der Waals surface area contributed by atoms with Crippen molar-refractivity contribution in [2.75, 3.05) is 0 Å². The second-order valence-electron chi connectivity index (χ2n) is 6.26. The predicted octanol–water partition coefficient (Wildman–Crippen LogP) is 4.73. The third kappa shape index (κ3) is 2.32. The Morgan fingerprint density at radius 2 is 2.15 bits per heavy atom. The quantitative estimate of drug-likeness (QED) is 0.749. The van der Waals surface area contributed by atoms with Crippen LogP contribution in [0.2, 0.25) is 0 Å². The van der Waals surface area contributed by atoms with Crippen LogP contribution in [-0.4, -0.2) is 14.5 Å². The smallest absolute Gasteiger partial charge is 0.160 e. The van der Waals surface area contributed by atoms with Gasteiger partial charge in [-0.25, -0.2) is 9.97 Å². The van der Waals surface area contributed by atoms with Gasteiger partial charge in [0.2, 0.25) is 0 Å². The number of hydrogen-bond donors (Lipinski definition) is 0. The molecule has 1 aliphatic carbocycles. The van der Waals surface area contributed by atoms with Crippen LogP contribution in [0.15, 0.2) is 18.3 Å². The number of pyridine rings is 1. The summed E-state index contributed by atoms with van der Waals surface area (Å²) in [7, 11) is 0. The van der Waals surface area contributed by atoms with Crippen LogP contribution in [0.25, 0.3) is 11.2 Å². The second-order valence-corrected chi connectivity index (χ2v) is 6.92. The Morgan fingerprint density at radius 3 is 2.85 bits per heavy atom. The zero-order valence-electron chi connectivity index (χ0n) is 12.4. The van der Waals surface area contributed by atoms with Gasteiger partial charge in [0.15, 0.2) is 5.65 Å². The van der Waals surface area contributed by atoms with Gasteiger partial charge in [-0.05, 0) is 50.2 Å². The molecular weight excluding hydrogens is 270 g/mol. The van der Waals surface area contributed by atoms with E-state index in [0.29, 0.717) is 12.0 Å². The van der Waals surface area contributed by atoms with Crippen LogP contribution < -0.4 is 0 Å². The molecule has 1 fully saturated rings. The Hall–Kier alpha value is -1.09. The van der Waals surface area contributed by atoms with E-state index in [1.165, 1.54) is 19.3 Å². The average molecular weight is 292 g/mol. The molecule has 2 aromatic heterocycles. The first-order valence-electron chi connectivity index (χ1n) is 7.55. The van der Waals surface area contributed by atoms with Gasteiger partial charge in [-0.15, -0.1) is 11.6 Å². The minimum absolute atomic E-state index is 0.0873. The summed E-state index contributed by atoms with van der Waals surface area (Å²) in [6.07, 6.45) is 5.59. The van der Waals surface area contributed by atoms with Crippen LogP contribution in [0.3, 0.4) is 0 Å². The zero-order chi connectivity index (χ0) is 14.3. The van der Waals surface area contributed by atoms with E-state index in [4.69, 9.17) is 16.6 Å². The summed E-state index contributed by atoms with van der Waals surface area (Å²) < 4.78 is 2.31. The van der Waals surface area contributed by atoms with E-state index < -0.39 is 0 Å². The van der Waals surface area contributed by atoms with Crippen LogP contribution in [0, 0.1) is 11.8 Å². The van der Waals surface area contributed by atoms with Gasteiger partial charge in [0.25, 0.3) is 0 Å². The van der Waals surface area contributed by atoms with Gasteiger partial charge in [-0.2, -0.15) is 0 Å². The number of halogens is 1. The molecule has 20 heavy (non-hydrogen) atoms. The maximum atomic E-state index is 6.36. The Morgan fingerprint density at radius 1 is 1.35 bits per heavy atom. The summed E-state index contributed by atoms with van der Waals surface area (Å²) in [6, 6.07) is 4.44. The molecule has 0 bridgehead atoms. The summed E-state index contributed by atoms with van der Waals surface area (Å²) in [4.78, 5) is 9.26. The molecule has 2 aromatic rings. The van der Waals surface area contributed by atoms with E-state index in [0.717, 1.165) is 22.9 Å². The molecular formula is C16H22ClN3. The molecule has 0 spiro atoms. The van der Waals surface area contributed by atoms with E-state index in [-0.39, 0.29) is 5.38 Å². The van der Waals surface area contributed by atoms with Crippen molar-refractivity contribution in [1.82, 2.24) is 14.5 Å². The molecule has 108 valence electrons. The molecule has 4 atom stereocenters. The van der Waals surface area contributed by atoms with Crippen molar-refractivity contribution in [1.29, 1.82) is 0 Å². The van der Waals surface area contributed by atoms with Crippen LogP contribution in [0.1, 0.15) is 57.3 Å². The third-order valence-corrected chi connectivity index (χ3v) is 4.74. The summed E-state index contributed by atoms with van der Waals surface area (Å²) in [6.45, 7) is 6.69. The first-order chi connectivity index (χ1) is 9.58. The molecule has 1 aliphatic rings. The standard InChI is InChI=1S/C16H22ClN3/c1-10-6-7-14(11(2)9-10)20-15(12(3)17)19-13-5-4-8-18-16(13)20/h4-5,8,10-12,14H,6-7,9H2,1-3H3. The lowest BCUT2D eigenvalue weighted by Gasteiger charge is -2.34. The molecule has 0 aromatic carbocycles. The first-order valence-corrected chi connectivity index (χ1v) is 7.98. The average Bonchev–Trinajstić information content (AvgIpc) is 2.78. The van der Waals surface area contributed by atoms with E-state index >= 15 is 0 Å². The number of rotatable bonds is 2. The van der Waals surface area contributed by atoms with Crippen molar-refractivity contribution < 1.29 is 0 Å². The highest BCUT2D eigenvalue weighted by Crippen LogP contribution is 2.40. The second kappa shape index (κ2) is 5.36. The van der Waals surface area contributed by atoms with Gasteiger partial charge in [0.1, 0.15) is 11.3 Å². The number of hydrogen-bond acceptors (Lipinski definition) is 2. The van der Waals surface area contributed by atoms with Crippen molar-refractivity contribution in [2.24, 2.45) is 11.8 Å². The van der Waals surface area contributed by atoms with Crippen molar-refractivity contribution in [2.45, 2.75) is 51.5 Å². The molecule has 3 rings (SSSR count). The molecule has 0 saturated heterocycles. The lowest BCUT2D eigenvalue weighted by atomic mass is 9.79. The maximum absolute atomic E-state index is 6.36. The minimum Gasteiger partial charge on any atom is -0.308 e. The summed E-state index contributed by atoms with van der Waals surface area (Å²) in [5, 5.41) is -0.0873. The Labute approximate surface area is 125 Å². The van der Waals surface area contributed by atoms with Crippen molar-refractivity contribution in [3.05, 3.63) is 24.2 Å². The molecule has 3 nitrogen and oxygen atoms in total. The fraction of sp³-hybridized carbons (Fsp3) is 0.625. The largest absolute Gasteiger partial charge is 0.308 e.